The summed E-state index contributed by atoms with van der Waals surface area (Å²) in [6.45, 7) is 0. The predicted molar refractivity (Wildman–Crippen MR) is 2.75 cm³/mol. The Morgan fingerprint density at radius 1 is 0.667 bits per heavy atom. The van der Waals surface area contributed by atoms with Crippen molar-refractivity contribution in [3.63, 3.8) is 0 Å². The molecule has 0 aliphatic rings. The minimum atomic E-state index is -5.75. The summed E-state index contributed by atoms with van der Waals surface area (Å²) in [6, 6.07) is 0. The van der Waals surface area contributed by atoms with E-state index in [0.29, 0.717) is 0 Å². The average molecular weight is 307 g/mol. The van der Waals surface area contributed by atoms with E-state index in [1.165, 1.54) is 0 Å². The molecule has 0 N–H and O–H groups in total. The quantitative estimate of drug-likeness (QED) is 0.398. The normalized spacial score (nSPS) is 9.67. The van der Waals surface area contributed by atoms with Crippen LogP contribution in [0.3, 0.4) is 0 Å². The Morgan fingerprint density at radius 2 is 0.667 bits per heavy atom. The fraction of sp³-hybridized carbons (Fsp3) is 0. The Morgan fingerprint density at radius 3 is 0.667 bits per heavy atom. The maximum absolute atomic E-state index is 8.59. The third-order valence-electron chi connectivity index (χ3n) is 0. The van der Waals surface area contributed by atoms with Crippen molar-refractivity contribution < 1.29 is 106 Å². The average Bonchev–Trinajstić information content (AvgIpc) is 1.12. The van der Waals surface area contributed by atoms with Crippen LogP contribution in [0.25, 0.3) is 0 Å². The number of hydrogen-bond acceptors (Lipinski definition) is 8. The second-order valence-corrected chi connectivity index (χ2v) is 3.37. The van der Waals surface area contributed by atoms with Crippen molar-refractivity contribution in [3.8, 4) is 0 Å². The molecule has 0 spiro atoms. The molecule has 0 bridgehead atoms. The summed E-state index contributed by atoms with van der Waals surface area (Å²) in [5.74, 6) is 0. The SMILES string of the molecule is [Cr+3].[Na+].[O]=[Cr](=[O])([O-])[O-].[O]=[Cr](=[O])([O-])[O-]. The molecule has 0 aliphatic carbocycles. The van der Waals surface area contributed by atoms with Crippen molar-refractivity contribution in [1.29, 1.82) is 0 Å². The van der Waals surface area contributed by atoms with E-state index in [0.717, 1.165) is 0 Å². The molecule has 0 unspecified atom stereocenters. The number of hydrogen-bond donors (Lipinski definition) is 0. The molecule has 0 aromatic rings. The molecule has 0 aromatic heterocycles. The molecule has 0 aromatic carbocycles. The zero-order valence-electron chi connectivity index (χ0n) is 5.49. The standard InChI is InChI=1S/3Cr.Na.8O/q;;+3;+1;;;;;4*-1. The van der Waals surface area contributed by atoms with Crippen LogP contribution in [0.2, 0.25) is 0 Å². The fourth-order valence-electron chi connectivity index (χ4n) is 0. The van der Waals surface area contributed by atoms with Gasteiger partial charge in [0.25, 0.3) is 0 Å². The van der Waals surface area contributed by atoms with Crippen LogP contribution in [0, 0.1) is 0 Å². The molecule has 1 radical (unpaired) electrons. The first-order valence-corrected chi connectivity index (χ1v) is 5.50. The van der Waals surface area contributed by atoms with Gasteiger partial charge in [0.1, 0.15) is 0 Å². The zero-order chi connectivity index (χ0) is 9.00. The van der Waals surface area contributed by atoms with Crippen molar-refractivity contribution in [2.75, 3.05) is 0 Å². The van der Waals surface area contributed by atoms with E-state index in [4.69, 9.17) is 31.8 Å². The third-order valence-corrected chi connectivity index (χ3v) is 0. The van der Waals surface area contributed by atoms with Crippen LogP contribution in [0.4, 0.5) is 0 Å². The van der Waals surface area contributed by atoms with Crippen LogP contribution in [0.1, 0.15) is 0 Å². The van der Waals surface area contributed by atoms with Crippen LogP contribution in [-0.2, 0) is 59.8 Å². The van der Waals surface area contributed by atoms with E-state index >= 15 is 0 Å². The second-order valence-electron chi connectivity index (χ2n) is 0.816. The van der Waals surface area contributed by atoms with Crippen LogP contribution >= 0.6 is 0 Å². The van der Waals surface area contributed by atoms with Gasteiger partial charge >= 0.3 is 106 Å². The van der Waals surface area contributed by atoms with E-state index in [9.17, 15) is 0 Å². The molecule has 12 heteroatoms. The summed E-state index contributed by atoms with van der Waals surface area (Å²) in [6.07, 6.45) is 0. The molecular formula is Cr3NaO8. The molecule has 12 heavy (non-hydrogen) atoms. The Labute approximate surface area is 105 Å². The molecule has 0 rings (SSSR count). The van der Waals surface area contributed by atoms with Crippen LogP contribution in [0.5, 0.6) is 0 Å². The summed E-state index contributed by atoms with van der Waals surface area (Å²) >= 11 is -11.5. The van der Waals surface area contributed by atoms with E-state index in [2.05, 4.69) is 0 Å². The Kier molecular flexibility index (Phi) is 18.0. The summed E-state index contributed by atoms with van der Waals surface area (Å²) in [5.41, 5.74) is 0. The molecule has 0 heterocycles. The van der Waals surface area contributed by atoms with Crippen molar-refractivity contribution >= 4 is 0 Å². The molecule has 67 valence electrons. The van der Waals surface area contributed by atoms with Gasteiger partial charge in [-0.15, -0.1) is 0 Å². The minimum absolute atomic E-state index is 0. The van der Waals surface area contributed by atoms with Gasteiger partial charge in [-0.25, -0.2) is 0 Å². The predicted octanol–water partition coefficient (Wildman–Crippen LogP) is -8.23. The third kappa shape index (κ3) is 491. The van der Waals surface area contributed by atoms with Gasteiger partial charge in [-0.3, -0.25) is 0 Å². The Hall–Kier alpha value is 1.64. The zero-order valence-corrected chi connectivity index (χ0v) is 11.3. The molecule has 0 fully saturated rings. The van der Waals surface area contributed by atoms with Crippen LogP contribution in [0.15, 0.2) is 0 Å². The Bertz CT molecular complexity index is 211. The molecule has 0 saturated carbocycles. The maximum atomic E-state index is 8.59. The van der Waals surface area contributed by atoms with Gasteiger partial charge in [0.05, 0.1) is 0 Å². The monoisotopic (exact) mass is 307 g/mol. The van der Waals surface area contributed by atoms with Crippen molar-refractivity contribution in [1.82, 2.24) is 0 Å². The van der Waals surface area contributed by atoms with Crippen molar-refractivity contribution in [2.45, 2.75) is 0 Å². The molecule has 8 nitrogen and oxygen atoms in total. The van der Waals surface area contributed by atoms with E-state index in [1.807, 2.05) is 0 Å². The first-order chi connectivity index (χ1) is 4.00. The van der Waals surface area contributed by atoms with Crippen LogP contribution in [-0.4, -0.2) is 0 Å². The number of rotatable bonds is 0. The first kappa shape index (κ1) is 23.4. The topological polar surface area (TPSA) is 161 Å². The van der Waals surface area contributed by atoms with Gasteiger partial charge in [0, 0.05) is 0 Å². The summed E-state index contributed by atoms with van der Waals surface area (Å²) < 4.78 is 68.8. The fourth-order valence-corrected chi connectivity index (χ4v) is 0. The van der Waals surface area contributed by atoms with Gasteiger partial charge in [0.15, 0.2) is 0 Å². The second kappa shape index (κ2) is 9.20. The van der Waals surface area contributed by atoms with E-state index in [-0.39, 0.29) is 46.9 Å². The molecule has 0 amide bonds. The summed E-state index contributed by atoms with van der Waals surface area (Å²) in [4.78, 5) is 0. The summed E-state index contributed by atoms with van der Waals surface area (Å²) in [5, 5.41) is 0. The molecule has 0 atom stereocenters. The molecular weight excluding hydrogens is 307 g/mol. The van der Waals surface area contributed by atoms with Crippen molar-refractivity contribution in [2.24, 2.45) is 0 Å². The van der Waals surface area contributed by atoms with E-state index < -0.39 is 27.2 Å². The first-order valence-electron chi connectivity index (χ1n) is 1.33. The van der Waals surface area contributed by atoms with Gasteiger partial charge in [-0.1, -0.05) is 0 Å². The molecule has 0 aliphatic heterocycles. The summed E-state index contributed by atoms with van der Waals surface area (Å²) in [7, 11) is 0. The van der Waals surface area contributed by atoms with Gasteiger partial charge in [-0.05, 0) is 0 Å². The Balaban J connectivity index is -0.0000000457. The van der Waals surface area contributed by atoms with Gasteiger partial charge in [-0.2, -0.15) is 0 Å². The molecule has 0 saturated heterocycles. The van der Waals surface area contributed by atoms with Crippen molar-refractivity contribution in [3.05, 3.63) is 0 Å². The van der Waals surface area contributed by atoms with Gasteiger partial charge < -0.3 is 0 Å². The van der Waals surface area contributed by atoms with E-state index in [1.54, 1.807) is 0 Å². The van der Waals surface area contributed by atoms with Gasteiger partial charge in [0.2, 0.25) is 0 Å². The van der Waals surface area contributed by atoms with Crippen LogP contribution < -0.4 is 46.2 Å².